The molecule has 3 rings (SSSR count). The van der Waals surface area contributed by atoms with E-state index >= 15 is 0 Å². The maximum absolute atomic E-state index is 14.0. The maximum atomic E-state index is 14.0. The van der Waals surface area contributed by atoms with Gasteiger partial charge in [0.05, 0.1) is 0 Å². The number of alkyl halides is 1. The molecule has 0 radical (unpaired) electrons. The van der Waals surface area contributed by atoms with E-state index in [9.17, 15) is 4.39 Å². The highest BCUT2D eigenvalue weighted by molar-refractivity contribution is 5.64. The van der Waals surface area contributed by atoms with Gasteiger partial charge in [-0.05, 0) is 54.2 Å². The SMILES string of the molecule is CCCCCc1ccc(-c2cnc(-c3ccc(OCC(F)C(C)CC)cc3)nc2)cc1. The molecule has 4 heteroatoms. The van der Waals surface area contributed by atoms with Gasteiger partial charge in [-0.2, -0.15) is 0 Å². The van der Waals surface area contributed by atoms with Gasteiger partial charge in [0.25, 0.3) is 0 Å². The zero-order valence-corrected chi connectivity index (χ0v) is 18.9. The van der Waals surface area contributed by atoms with Crippen LogP contribution in [0.3, 0.4) is 0 Å². The van der Waals surface area contributed by atoms with Gasteiger partial charge in [0.15, 0.2) is 5.82 Å². The van der Waals surface area contributed by atoms with Gasteiger partial charge >= 0.3 is 0 Å². The molecule has 0 aliphatic heterocycles. The summed E-state index contributed by atoms with van der Waals surface area (Å²) in [5.41, 5.74) is 4.41. The number of benzene rings is 2. The Kier molecular flexibility index (Phi) is 8.57. The topological polar surface area (TPSA) is 35.0 Å². The van der Waals surface area contributed by atoms with Crippen LogP contribution < -0.4 is 4.74 Å². The number of aromatic nitrogens is 2. The van der Waals surface area contributed by atoms with Gasteiger partial charge in [0.2, 0.25) is 0 Å². The van der Waals surface area contributed by atoms with Crippen LogP contribution in [0.4, 0.5) is 4.39 Å². The van der Waals surface area contributed by atoms with E-state index in [2.05, 4.69) is 41.2 Å². The van der Waals surface area contributed by atoms with Crippen LogP contribution in [0.25, 0.3) is 22.5 Å². The van der Waals surface area contributed by atoms with Crippen molar-refractivity contribution in [1.82, 2.24) is 9.97 Å². The molecule has 0 bridgehead atoms. The lowest BCUT2D eigenvalue weighted by Gasteiger charge is -2.15. The van der Waals surface area contributed by atoms with Crippen LogP contribution in [0.2, 0.25) is 0 Å². The molecule has 2 unspecified atom stereocenters. The summed E-state index contributed by atoms with van der Waals surface area (Å²) in [7, 11) is 0. The predicted molar refractivity (Wildman–Crippen MR) is 126 cm³/mol. The van der Waals surface area contributed by atoms with Crippen molar-refractivity contribution in [3.05, 3.63) is 66.5 Å². The number of hydrogen-bond acceptors (Lipinski definition) is 3. The van der Waals surface area contributed by atoms with E-state index in [0.29, 0.717) is 11.6 Å². The van der Waals surface area contributed by atoms with Crippen molar-refractivity contribution >= 4 is 0 Å². The first-order valence-electron chi connectivity index (χ1n) is 11.4. The van der Waals surface area contributed by atoms with E-state index in [1.165, 1.54) is 24.8 Å². The molecule has 1 heterocycles. The summed E-state index contributed by atoms with van der Waals surface area (Å²) in [5.74, 6) is 1.32. The minimum atomic E-state index is -0.953. The molecule has 1 aromatic heterocycles. The van der Waals surface area contributed by atoms with Gasteiger partial charge < -0.3 is 4.74 Å². The monoisotopic (exact) mass is 420 g/mol. The standard InChI is InChI=1S/C27H33FN2O/c1-4-6-7-8-21-9-11-22(12-10-21)24-17-29-27(30-18-24)23-13-15-25(16-14-23)31-19-26(28)20(3)5-2/h9-18,20,26H,4-8,19H2,1-3H3. The van der Waals surface area contributed by atoms with Crippen molar-refractivity contribution in [2.24, 2.45) is 5.92 Å². The molecule has 0 N–H and O–H groups in total. The zero-order valence-electron chi connectivity index (χ0n) is 18.9. The summed E-state index contributed by atoms with van der Waals surface area (Å²) in [4.78, 5) is 9.07. The average Bonchev–Trinajstić information content (AvgIpc) is 2.83. The molecule has 0 fully saturated rings. The van der Waals surface area contributed by atoms with Crippen molar-refractivity contribution in [1.29, 1.82) is 0 Å². The number of unbranched alkanes of at least 4 members (excludes halogenated alkanes) is 2. The molecule has 164 valence electrons. The molecule has 2 aromatic carbocycles. The summed E-state index contributed by atoms with van der Waals surface area (Å²) >= 11 is 0. The molecule has 0 spiro atoms. The third kappa shape index (κ3) is 6.61. The van der Waals surface area contributed by atoms with Crippen LogP contribution in [0.5, 0.6) is 5.75 Å². The van der Waals surface area contributed by atoms with E-state index in [1.54, 1.807) is 0 Å². The fraction of sp³-hybridized carbons (Fsp3) is 0.407. The number of nitrogens with zero attached hydrogens (tertiary/aromatic N) is 2. The largest absolute Gasteiger partial charge is 0.491 e. The normalized spacial score (nSPS) is 13.0. The highest BCUT2D eigenvalue weighted by Gasteiger charge is 2.15. The summed E-state index contributed by atoms with van der Waals surface area (Å²) in [6, 6.07) is 16.2. The van der Waals surface area contributed by atoms with Crippen molar-refractivity contribution in [2.45, 2.75) is 59.0 Å². The van der Waals surface area contributed by atoms with Gasteiger partial charge in [-0.1, -0.05) is 64.3 Å². The second kappa shape index (κ2) is 11.6. The molecule has 0 aliphatic rings. The minimum absolute atomic E-state index is 0.00319. The van der Waals surface area contributed by atoms with E-state index in [1.807, 2.05) is 50.5 Å². The molecular formula is C27H33FN2O. The zero-order chi connectivity index (χ0) is 22.1. The number of rotatable bonds is 11. The second-order valence-electron chi connectivity index (χ2n) is 8.19. The molecule has 3 nitrogen and oxygen atoms in total. The minimum Gasteiger partial charge on any atom is -0.491 e. The molecule has 2 atom stereocenters. The third-order valence-electron chi connectivity index (χ3n) is 5.79. The summed E-state index contributed by atoms with van der Waals surface area (Å²) in [6.45, 7) is 6.20. The van der Waals surface area contributed by atoms with E-state index in [0.717, 1.165) is 29.5 Å². The summed E-state index contributed by atoms with van der Waals surface area (Å²) < 4.78 is 19.5. The van der Waals surface area contributed by atoms with Crippen molar-refractivity contribution in [2.75, 3.05) is 6.61 Å². The number of ether oxygens (including phenoxy) is 1. The molecule has 0 amide bonds. The molecule has 0 saturated carbocycles. The third-order valence-corrected chi connectivity index (χ3v) is 5.79. The number of halogens is 1. The Morgan fingerprint density at radius 3 is 2.10 bits per heavy atom. The molecule has 31 heavy (non-hydrogen) atoms. The van der Waals surface area contributed by atoms with Crippen LogP contribution >= 0.6 is 0 Å². The van der Waals surface area contributed by atoms with Gasteiger partial charge in [0, 0.05) is 23.5 Å². The van der Waals surface area contributed by atoms with Crippen LogP contribution in [-0.4, -0.2) is 22.7 Å². The van der Waals surface area contributed by atoms with Crippen LogP contribution in [0.1, 0.15) is 52.0 Å². The summed E-state index contributed by atoms with van der Waals surface area (Å²) in [6.07, 6.45) is 8.46. The highest BCUT2D eigenvalue weighted by Crippen LogP contribution is 2.23. The van der Waals surface area contributed by atoms with Gasteiger partial charge in [0.1, 0.15) is 18.5 Å². The molecule has 0 saturated heterocycles. The molecular weight excluding hydrogens is 387 g/mol. The highest BCUT2D eigenvalue weighted by atomic mass is 19.1. The Morgan fingerprint density at radius 1 is 0.839 bits per heavy atom. The van der Waals surface area contributed by atoms with Crippen LogP contribution in [0, 0.1) is 5.92 Å². The van der Waals surface area contributed by atoms with Gasteiger partial charge in [-0.3, -0.25) is 0 Å². The van der Waals surface area contributed by atoms with Crippen molar-refractivity contribution in [3.8, 4) is 28.3 Å². The maximum Gasteiger partial charge on any atom is 0.159 e. The predicted octanol–water partition coefficient (Wildman–Crippen LogP) is 7.31. The smallest absolute Gasteiger partial charge is 0.159 e. The Morgan fingerprint density at radius 2 is 1.48 bits per heavy atom. The first-order valence-corrected chi connectivity index (χ1v) is 11.4. The molecule has 0 aliphatic carbocycles. The Balaban J connectivity index is 1.59. The number of hydrogen-bond donors (Lipinski definition) is 0. The first-order chi connectivity index (χ1) is 15.1. The van der Waals surface area contributed by atoms with Crippen LogP contribution in [0.15, 0.2) is 60.9 Å². The Bertz CT molecular complexity index is 907. The lowest BCUT2D eigenvalue weighted by Crippen LogP contribution is -2.20. The fourth-order valence-electron chi connectivity index (χ4n) is 3.37. The molecule has 3 aromatic rings. The van der Waals surface area contributed by atoms with Crippen molar-refractivity contribution in [3.63, 3.8) is 0 Å². The average molecular weight is 421 g/mol. The quantitative estimate of drug-likeness (QED) is 0.305. The fourth-order valence-corrected chi connectivity index (χ4v) is 3.37. The van der Waals surface area contributed by atoms with E-state index in [4.69, 9.17) is 4.74 Å². The van der Waals surface area contributed by atoms with Crippen LogP contribution in [-0.2, 0) is 6.42 Å². The Labute approximate surface area is 185 Å². The summed E-state index contributed by atoms with van der Waals surface area (Å²) in [5, 5.41) is 0. The van der Waals surface area contributed by atoms with E-state index in [-0.39, 0.29) is 12.5 Å². The van der Waals surface area contributed by atoms with Gasteiger partial charge in [-0.15, -0.1) is 0 Å². The van der Waals surface area contributed by atoms with Crippen molar-refractivity contribution < 1.29 is 9.13 Å². The first kappa shape index (κ1) is 22.9. The van der Waals surface area contributed by atoms with E-state index < -0.39 is 6.17 Å². The van der Waals surface area contributed by atoms with Gasteiger partial charge in [-0.25, -0.2) is 14.4 Å². The lowest BCUT2D eigenvalue weighted by atomic mass is 10.0. The second-order valence-corrected chi connectivity index (χ2v) is 8.19. The lowest BCUT2D eigenvalue weighted by molar-refractivity contribution is 0.145. The number of aryl methyl sites for hydroxylation is 1. The Hall–Kier alpha value is -2.75.